The quantitative estimate of drug-likeness (QED) is 0.374. The van der Waals surface area contributed by atoms with Crippen molar-refractivity contribution in [3.63, 3.8) is 0 Å². The monoisotopic (exact) mass is 159 g/mol. The molecule has 4 nitrogen and oxygen atoms in total. The Kier molecular flexibility index (Phi) is 1.91. The fourth-order valence-electron chi connectivity index (χ4n) is 0.585. The van der Waals surface area contributed by atoms with Gasteiger partial charge in [-0.15, -0.1) is 0 Å². The van der Waals surface area contributed by atoms with Gasteiger partial charge in [0.15, 0.2) is 5.17 Å². The maximum absolute atomic E-state index is 8.22. The van der Waals surface area contributed by atoms with Crippen LogP contribution in [0.4, 0.5) is 0 Å². The molecule has 0 amide bonds. The first kappa shape index (κ1) is 7.08. The van der Waals surface area contributed by atoms with Gasteiger partial charge in [-0.3, -0.25) is 4.68 Å². The van der Waals surface area contributed by atoms with Gasteiger partial charge in [0, 0.05) is 13.2 Å². The van der Waals surface area contributed by atoms with Crippen LogP contribution >= 0.6 is 11.6 Å². The number of halogens is 1. The Labute approximate surface area is 62.7 Å². The third-order valence-corrected chi connectivity index (χ3v) is 1.32. The highest BCUT2D eigenvalue weighted by Gasteiger charge is 2.00. The maximum Gasteiger partial charge on any atom is 0.178 e. The maximum atomic E-state index is 8.22. The summed E-state index contributed by atoms with van der Waals surface area (Å²) in [6.45, 7) is 0. The molecule has 10 heavy (non-hydrogen) atoms. The topological polar surface area (TPSA) is 50.4 Å². The van der Waals surface area contributed by atoms with Crippen LogP contribution in [-0.4, -0.2) is 20.2 Å². The molecule has 5 heteroatoms. The van der Waals surface area contributed by atoms with Gasteiger partial charge in [0.1, 0.15) is 0 Å². The van der Waals surface area contributed by atoms with Gasteiger partial charge >= 0.3 is 0 Å². The second-order valence-corrected chi connectivity index (χ2v) is 2.15. The molecule has 0 unspecified atom stereocenters. The molecule has 0 aliphatic carbocycles. The van der Waals surface area contributed by atoms with Gasteiger partial charge < -0.3 is 5.21 Å². The van der Waals surface area contributed by atoms with E-state index in [0.717, 1.165) is 0 Å². The molecule has 1 heterocycles. The lowest BCUT2D eigenvalue weighted by Crippen LogP contribution is -1.88. The first-order valence-corrected chi connectivity index (χ1v) is 2.98. The lowest BCUT2D eigenvalue weighted by Gasteiger charge is -1.85. The predicted molar refractivity (Wildman–Crippen MR) is 37.4 cm³/mol. The fraction of sp³-hybridized carbons (Fsp3) is 0.200. The second-order valence-electron chi connectivity index (χ2n) is 1.79. The molecule has 0 saturated heterocycles. The van der Waals surface area contributed by atoms with Crippen LogP contribution in [-0.2, 0) is 7.05 Å². The average Bonchev–Trinajstić information content (AvgIpc) is 2.34. The van der Waals surface area contributed by atoms with E-state index in [1.807, 2.05) is 0 Å². The van der Waals surface area contributed by atoms with E-state index >= 15 is 0 Å². The van der Waals surface area contributed by atoms with Crippen LogP contribution in [0, 0.1) is 0 Å². The van der Waals surface area contributed by atoms with E-state index in [1.54, 1.807) is 17.9 Å². The molecule has 1 aromatic heterocycles. The number of nitrogens with zero attached hydrogens (tertiary/aromatic N) is 3. The minimum Gasteiger partial charge on any atom is -0.410 e. The van der Waals surface area contributed by atoms with E-state index in [9.17, 15) is 0 Å². The molecular formula is C5H6ClN3O. The summed E-state index contributed by atoms with van der Waals surface area (Å²) in [4.78, 5) is 0. The minimum absolute atomic E-state index is 0.0492. The Morgan fingerprint density at radius 3 is 3.00 bits per heavy atom. The molecule has 0 aliphatic rings. The Hall–Kier alpha value is -1.03. The second kappa shape index (κ2) is 2.70. The van der Waals surface area contributed by atoms with Crippen LogP contribution in [0.1, 0.15) is 5.56 Å². The average molecular weight is 160 g/mol. The highest BCUT2D eigenvalue weighted by molar-refractivity contribution is 6.69. The lowest BCUT2D eigenvalue weighted by molar-refractivity contribution is 0.321. The number of oxime groups is 1. The summed E-state index contributed by atoms with van der Waals surface area (Å²) in [5.74, 6) is 0. The molecule has 0 aliphatic heterocycles. The van der Waals surface area contributed by atoms with Crippen molar-refractivity contribution in [2.75, 3.05) is 0 Å². The van der Waals surface area contributed by atoms with Crippen LogP contribution in [0.2, 0.25) is 0 Å². The van der Waals surface area contributed by atoms with Crippen molar-refractivity contribution in [1.29, 1.82) is 0 Å². The Bertz CT molecular complexity index is 255. The molecular weight excluding hydrogens is 154 g/mol. The van der Waals surface area contributed by atoms with Crippen LogP contribution < -0.4 is 0 Å². The first-order chi connectivity index (χ1) is 4.74. The predicted octanol–water partition coefficient (Wildman–Crippen LogP) is 0.795. The molecule has 1 rings (SSSR count). The highest BCUT2D eigenvalue weighted by atomic mass is 35.5. The first-order valence-electron chi connectivity index (χ1n) is 2.60. The van der Waals surface area contributed by atoms with E-state index in [2.05, 4.69) is 10.3 Å². The van der Waals surface area contributed by atoms with Crippen LogP contribution in [0.25, 0.3) is 0 Å². The smallest absolute Gasteiger partial charge is 0.178 e. The van der Waals surface area contributed by atoms with Crippen molar-refractivity contribution in [2.45, 2.75) is 0 Å². The lowest BCUT2D eigenvalue weighted by atomic mass is 10.4. The third-order valence-electron chi connectivity index (χ3n) is 1.03. The molecule has 0 saturated carbocycles. The Morgan fingerprint density at radius 1 is 1.90 bits per heavy atom. The normalized spacial score (nSPS) is 12.0. The van der Waals surface area contributed by atoms with E-state index in [0.29, 0.717) is 5.56 Å². The number of aromatic nitrogens is 2. The van der Waals surface area contributed by atoms with E-state index in [4.69, 9.17) is 16.8 Å². The Morgan fingerprint density at radius 2 is 2.60 bits per heavy atom. The summed E-state index contributed by atoms with van der Waals surface area (Å²) in [5.41, 5.74) is 0.603. The van der Waals surface area contributed by atoms with Crippen molar-refractivity contribution >= 4 is 16.8 Å². The number of hydrogen-bond acceptors (Lipinski definition) is 3. The standard InChI is InChI=1S/C5H6ClN3O/c1-9-3-4(2-7-9)5(6)8-10/h2-3,10H,1H3/b8-5-. The molecule has 0 atom stereocenters. The van der Waals surface area contributed by atoms with Gasteiger partial charge in [0.05, 0.1) is 11.8 Å². The van der Waals surface area contributed by atoms with Crippen LogP contribution in [0.3, 0.4) is 0 Å². The molecule has 0 spiro atoms. The van der Waals surface area contributed by atoms with Crippen molar-refractivity contribution in [2.24, 2.45) is 12.2 Å². The SMILES string of the molecule is Cn1cc(/C(Cl)=N/O)cn1. The summed E-state index contributed by atoms with van der Waals surface area (Å²) in [5, 5.41) is 14.9. The highest BCUT2D eigenvalue weighted by Crippen LogP contribution is 2.01. The summed E-state index contributed by atoms with van der Waals surface area (Å²) in [6.07, 6.45) is 3.17. The van der Waals surface area contributed by atoms with Crippen molar-refractivity contribution in [3.05, 3.63) is 18.0 Å². The molecule has 0 fully saturated rings. The van der Waals surface area contributed by atoms with E-state index in [1.165, 1.54) is 6.20 Å². The fourth-order valence-corrected chi connectivity index (χ4v) is 0.683. The van der Waals surface area contributed by atoms with Gasteiger partial charge in [-0.05, 0) is 0 Å². The van der Waals surface area contributed by atoms with E-state index < -0.39 is 0 Å². The molecule has 1 aromatic rings. The molecule has 1 N–H and O–H groups in total. The van der Waals surface area contributed by atoms with Gasteiger partial charge in [-0.2, -0.15) is 5.10 Å². The van der Waals surface area contributed by atoms with Crippen LogP contribution in [0.5, 0.6) is 0 Å². The summed E-state index contributed by atoms with van der Waals surface area (Å²) < 4.78 is 1.57. The molecule has 0 radical (unpaired) electrons. The largest absolute Gasteiger partial charge is 0.410 e. The molecule has 0 bridgehead atoms. The number of aryl methyl sites for hydroxylation is 1. The summed E-state index contributed by atoms with van der Waals surface area (Å²) in [6, 6.07) is 0. The molecule has 54 valence electrons. The van der Waals surface area contributed by atoms with Crippen LogP contribution in [0.15, 0.2) is 17.5 Å². The zero-order valence-electron chi connectivity index (χ0n) is 5.32. The van der Waals surface area contributed by atoms with Gasteiger partial charge in [0.25, 0.3) is 0 Å². The summed E-state index contributed by atoms with van der Waals surface area (Å²) >= 11 is 5.45. The zero-order chi connectivity index (χ0) is 7.56. The number of rotatable bonds is 1. The van der Waals surface area contributed by atoms with Crippen molar-refractivity contribution in [3.8, 4) is 0 Å². The zero-order valence-corrected chi connectivity index (χ0v) is 6.08. The molecule has 0 aromatic carbocycles. The number of hydrogen-bond donors (Lipinski definition) is 1. The van der Waals surface area contributed by atoms with Gasteiger partial charge in [-0.1, -0.05) is 16.8 Å². The minimum atomic E-state index is 0.0492. The van der Waals surface area contributed by atoms with Crippen molar-refractivity contribution in [1.82, 2.24) is 9.78 Å². The third kappa shape index (κ3) is 1.27. The van der Waals surface area contributed by atoms with E-state index in [-0.39, 0.29) is 5.17 Å². The van der Waals surface area contributed by atoms with Gasteiger partial charge in [-0.25, -0.2) is 0 Å². The summed E-state index contributed by atoms with van der Waals surface area (Å²) in [7, 11) is 1.76. The van der Waals surface area contributed by atoms with Crippen molar-refractivity contribution < 1.29 is 5.21 Å². The van der Waals surface area contributed by atoms with Gasteiger partial charge in [0.2, 0.25) is 0 Å². The Balaban J connectivity index is 2.95.